The number of carbonyl (C=O) groups excluding carboxylic acids is 1. The monoisotopic (exact) mass is 430 g/mol. The molecule has 6 heteroatoms. The number of likely N-dealkylation sites (N-methyl/N-ethyl adjacent to an activating group) is 1. The minimum absolute atomic E-state index is 0. The van der Waals surface area contributed by atoms with Crippen molar-refractivity contribution in [1.82, 2.24) is 10.2 Å². The predicted octanol–water partition coefficient (Wildman–Crippen LogP) is 2.50. The lowest BCUT2D eigenvalue weighted by atomic mass is 10.2. The molecule has 1 aliphatic rings. The second-order valence-corrected chi connectivity index (χ2v) is 5.91. The van der Waals surface area contributed by atoms with Crippen molar-refractivity contribution in [2.45, 2.75) is 32.7 Å². The summed E-state index contributed by atoms with van der Waals surface area (Å²) in [5.41, 5.74) is 2.52. The molecule has 1 aliphatic heterocycles. The highest BCUT2D eigenvalue weighted by atomic mass is 127. The van der Waals surface area contributed by atoms with Crippen LogP contribution in [0, 0.1) is 0 Å². The third-order valence-corrected chi connectivity index (χ3v) is 3.99. The lowest BCUT2D eigenvalue weighted by molar-refractivity contribution is -0.127. The van der Waals surface area contributed by atoms with Crippen LogP contribution >= 0.6 is 24.0 Å². The van der Waals surface area contributed by atoms with E-state index in [9.17, 15) is 4.79 Å². The molecule has 1 N–H and O–H groups in total. The van der Waals surface area contributed by atoms with Crippen LogP contribution in [0.5, 0.6) is 0 Å². The molecule has 0 saturated heterocycles. The number of anilines is 1. The minimum atomic E-state index is 0. The van der Waals surface area contributed by atoms with Gasteiger partial charge < -0.3 is 15.1 Å². The molecule has 5 nitrogen and oxygen atoms in total. The Morgan fingerprint density at radius 1 is 1.39 bits per heavy atom. The van der Waals surface area contributed by atoms with Gasteiger partial charge in [0.05, 0.1) is 0 Å². The highest BCUT2D eigenvalue weighted by Crippen LogP contribution is 2.27. The molecule has 0 fully saturated rings. The molecule has 0 aromatic heterocycles. The number of rotatable bonds is 4. The van der Waals surface area contributed by atoms with E-state index in [4.69, 9.17) is 0 Å². The van der Waals surface area contributed by atoms with Crippen LogP contribution in [0.4, 0.5) is 5.69 Å². The summed E-state index contributed by atoms with van der Waals surface area (Å²) in [4.78, 5) is 20.1. The number of benzene rings is 1. The number of hydrogen-bond donors (Lipinski definition) is 1. The van der Waals surface area contributed by atoms with Gasteiger partial charge in [-0.25, -0.2) is 4.99 Å². The third-order valence-electron chi connectivity index (χ3n) is 3.99. The molecule has 1 aromatic rings. The molecule has 1 amide bonds. The second-order valence-electron chi connectivity index (χ2n) is 5.91. The number of fused-ring (bicyclic) bond motifs is 1. The fraction of sp³-hybridized carbons (Fsp3) is 0.529. The molecule has 0 radical (unpaired) electrons. The van der Waals surface area contributed by atoms with Gasteiger partial charge in [0.2, 0.25) is 5.91 Å². The number of halogens is 1. The molecule has 23 heavy (non-hydrogen) atoms. The van der Waals surface area contributed by atoms with E-state index in [-0.39, 0.29) is 36.4 Å². The first-order valence-electron chi connectivity index (χ1n) is 7.89. The van der Waals surface area contributed by atoms with Gasteiger partial charge in [0.15, 0.2) is 5.96 Å². The molecule has 0 aliphatic carbocycles. The first-order valence-corrected chi connectivity index (χ1v) is 7.89. The van der Waals surface area contributed by atoms with Crippen LogP contribution in [0.2, 0.25) is 0 Å². The van der Waals surface area contributed by atoms with Gasteiger partial charge in [0.1, 0.15) is 6.54 Å². The molecular weight excluding hydrogens is 403 g/mol. The summed E-state index contributed by atoms with van der Waals surface area (Å²) in [6.07, 6.45) is 2.02. The number of guanidine groups is 1. The van der Waals surface area contributed by atoms with Gasteiger partial charge in [0.25, 0.3) is 0 Å². The van der Waals surface area contributed by atoms with Crippen LogP contribution in [-0.4, -0.2) is 50.0 Å². The highest BCUT2D eigenvalue weighted by molar-refractivity contribution is 14.0. The number of nitrogens with one attached hydrogen (secondary N) is 1. The zero-order chi connectivity index (χ0) is 16.1. The molecule has 0 bridgehead atoms. The van der Waals surface area contributed by atoms with Crippen molar-refractivity contribution >= 4 is 41.5 Å². The van der Waals surface area contributed by atoms with Crippen molar-refractivity contribution < 1.29 is 4.79 Å². The summed E-state index contributed by atoms with van der Waals surface area (Å²) in [7, 11) is 3.51. The minimum Gasteiger partial charge on any atom is -0.353 e. The van der Waals surface area contributed by atoms with E-state index in [1.807, 2.05) is 6.07 Å². The van der Waals surface area contributed by atoms with Crippen LogP contribution in [0.15, 0.2) is 29.3 Å². The molecular formula is C17H27IN4O. The van der Waals surface area contributed by atoms with E-state index < -0.39 is 0 Å². The Balaban J connectivity index is 0.00000264. The molecule has 0 saturated carbocycles. The van der Waals surface area contributed by atoms with Crippen molar-refractivity contribution in [2.75, 3.05) is 32.1 Å². The van der Waals surface area contributed by atoms with E-state index in [1.165, 1.54) is 11.3 Å². The van der Waals surface area contributed by atoms with Crippen molar-refractivity contribution in [1.29, 1.82) is 0 Å². The first kappa shape index (κ1) is 19.7. The van der Waals surface area contributed by atoms with Gasteiger partial charge in [-0.05, 0) is 31.4 Å². The summed E-state index contributed by atoms with van der Waals surface area (Å²) in [6.45, 7) is 5.34. The lowest BCUT2D eigenvalue weighted by Crippen LogP contribution is -2.45. The quantitative estimate of drug-likeness (QED) is 0.454. The zero-order valence-corrected chi connectivity index (χ0v) is 16.7. The number of nitrogens with zero attached hydrogens (tertiary/aromatic N) is 3. The predicted molar refractivity (Wildman–Crippen MR) is 107 cm³/mol. The van der Waals surface area contributed by atoms with Gasteiger partial charge in [-0.15, -0.1) is 24.0 Å². The molecule has 1 atom stereocenters. The Bertz CT molecular complexity index is 559. The largest absolute Gasteiger partial charge is 0.353 e. The summed E-state index contributed by atoms with van der Waals surface area (Å²) >= 11 is 0. The molecule has 1 aromatic carbocycles. The van der Waals surface area contributed by atoms with Crippen LogP contribution < -0.4 is 10.2 Å². The van der Waals surface area contributed by atoms with Gasteiger partial charge in [-0.3, -0.25) is 4.79 Å². The van der Waals surface area contributed by atoms with E-state index in [2.05, 4.69) is 47.3 Å². The Kier molecular flexibility index (Phi) is 7.81. The highest BCUT2D eigenvalue weighted by Gasteiger charge is 2.23. The fourth-order valence-electron chi connectivity index (χ4n) is 2.37. The van der Waals surface area contributed by atoms with Crippen molar-refractivity contribution in [3.05, 3.63) is 29.8 Å². The summed E-state index contributed by atoms with van der Waals surface area (Å²) in [6, 6.07) is 8.70. The Morgan fingerprint density at radius 3 is 2.74 bits per heavy atom. The van der Waals surface area contributed by atoms with Crippen LogP contribution in [-0.2, 0) is 11.2 Å². The first-order chi connectivity index (χ1) is 10.5. The molecule has 0 spiro atoms. The number of para-hydroxylation sites is 1. The maximum Gasteiger partial charge on any atom is 0.243 e. The maximum absolute atomic E-state index is 11.8. The number of amides is 1. The zero-order valence-electron chi connectivity index (χ0n) is 14.4. The summed E-state index contributed by atoms with van der Waals surface area (Å²) < 4.78 is 0. The Labute approximate surface area is 156 Å². The van der Waals surface area contributed by atoms with Gasteiger partial charge >= 0.3 is 0 Å². The van der Waals surface area contributed by atoms with Gasteiger partial charge in [-0.2, -0.15) is 0 Å². The Morgan fingerprint density at radius 2 is 2.09 bits per heavy atom. The second kappa shape index (κ2) is 9.10. The van der Waals surface area contributed by atoms with Gasteiger partial charge in [0, 0.05) is 32.4 Å². The standard InChI is InChI=1S/C17H26N4O.HI/c1-5-13(2)19-17(18-12-16(22)20(3)4)21-11-10-14-8-6-7-9-15(14)21;/h6-9,13H,5,10-12H2,1-4H3,(H,18,19);1H. The summed E-state index contributed by atoms with van der Waals surface area (Å²) in [5.74, 6) is 0.811. The van der Waals surface area contributed by atoms with Crippen molar-refractivity contribution in [2.24, 2.45) is 4.99 Å². The molecule has 2 rings (SSSR count). The molecule has 1 heterocycles. The normalized spacial score (nSPS) is 14.8. The fourth-order valence-corrected chi connectivity index (χ4v) is 2.37. The number of carbonyl (C=O) groups is 1. The smallest absolute Gasteiger partial charge is 0.243 e. The maximum atomic E-state index is 11.8. The van der Waals surface area contributed by atoms with E-state index >= 15 is 0 Å². The Hall–Kier alpha value is -1.31. The summed E-state index contributed by atoms with van der Waals surface area (Å²) in [5, 5.41) is 3.45. The van der Waals surface area contributed by atoms with Gasteiger partial charge in [-0.1, -0.05) is 25.1 Å². The average molecular weight is 430 g/mol. The SMILES string of the molecule is CCC(C)NC(=NCC(=O)N(C)C)N1CCc2ccccc21.I. The van der Waals surface area contributed by atoms with E-state index in [0.29, 0.717) is 6.04 Å². The van der Waals surface area contributed by atoms with Crippen LogP contribution in [0.3, 0.4) is 0 Å². The van der Waals surface area contributed by atoms with Crippen LogP contribution in [0.25, 0.3) is 0 Å². The van der Waals surface area contributed by atoms with Crippen molar-refractivity contribution in [3.63, 3.8) is 0 Å². The van der Waals surface area contributed by atoms with Crippen LogP contribution in [0.1, 0.15) is 25.8 Å². The topological polar surface area (TPSA) is 47.9 Å². The number of aliphatic imine (C=N–C) groups is 1. The molecule has 128 valence electrons. The average Bonchev–Trinajstić information content (AvgIpc) is 2.94. The number of hydrogen-bond acceptors (Lipinski definition) is 2. The van der Waals surface area contributed by atoms with E-state index in [1.54, 1.807) is 19.0 Å². The van der Waals surface area contributed by atoms with E-state index in [0.717, 1.165) is 25.3 Å². The molecule has 1 unspecified atom stereocenters. The van der Waals surface area contributed by atoms with Crippen molar-refractivity contribution in [3.8, 4) is 0 Å². The third kappa shape index (κ3) is 5.09. The lowest BCUT2D eigenvalue weighted by Gasteiger charge is -2.25.